The molecule has 1 aromatic heterocycles. The summed E-state index contributed by atoms with van der Waals surface area (Å²) in [4.78, 5) is 29.7. The number of benzene rings is 1. The fraction of sp³-hybridized carbons (Fsp3) is 0.400. The van der Waals surface area contributed by atoms with Crippen LogP contribution in [0.15, 0.2) is 28.3 Å². The van der Waals surface area contributed by atoms with E-state index in [-0.39, 0.29) is 11.8 Å². The molecule has 3 rings (SSSR count). The molecule has 7 heteroatoms. The van der Waals surface area contributed by atoms with Crippen molar-refractivity contribution in [1.29, 1.82) is 0 Å². The number of fused-ring (bicyclic) bond motifs is 1. The van der Waals surface area contributed by atoms with Crippen LogP contribution in [-0.2, 0) is 11.2 Å². The number of anilines is 1. The van der Waals surface area contributed by atoms with Crippen molar-refractivity contribution in [3.05, 3.63) is 40.7 Å². The quantitative estimate of drug-likeness (QED) is 0.787. The van der Waals surface area contributed by atoms with Gasteiger partial charge in [0.25, 0.3) is 0 Å². The summed E-state index contributed by atoms with van der Waals surface area (Å²) in [6.45, 7) is 9.68. The van der Waals surface area contributed by atoms with Gasteiger partial charge in [-0.15, -0.1) is 0 Å². The van der Waals surface area contributed by atoms with Gasteiger partial charge >= 0.3 is 0 Å². The molecule has 2 aromatic rings. The van der Waals surface area contributed by atoms with Gasteiger partial charge in [0.15, 0.2) is 5.82 Å². The number of hydrogen-bond acceptors (Lipinski definition) is 5. The molecule has 27 heavy (non-hydrogen) atoms. The Morgan fingerprint density at radius 1 is 1.04 bits per heavy atom. The summed E-state index contributed by atoms with van der Waals surface area (Å²) < 4.78 is 1.64. The third kappa shape index (κ3) is 3.43. The Balaban J connectivity index is 2.17. The third-order valence-corrected chi connectivity index (χ3v) is 5.70. The first-order valence-electron chi connectivity index (χ1n) is 9.23. The highest BCUT2D eigenvalue weighted by atomic mass is 32.2. The molecule has 0 radical (unpaired) electrons. The van der Waals surface area contributed by atoms with Gasteiger partial charge < -0.3 is 0 Å². The minimum absolute atomic E-state index is 0.0293. The fourth-order valence-electron chi connectivity index (χ4n) is 2.88. The number of carbonyl (C=O) groups is 2. The number of aromatic nitrogens is 2. The van der Waals surface area contributed by atoms with Crippen LogP contribution in [0.4, 0.5) is 5.82 Å². The third-order valence-electron chi connectivity index (χ3n) is 4.63. The number of hydrazone groups is 1. The first-order chi connectivity index (χ1) is 12.9. The van der Waals surface area contributed by atoms with Gasteiger partial charge in [0.1, 0.15) is 15.9 Å². The van der Waals surface area contributed by atoms with E-state index < -0.39 is 0 Å². The summed E-state index contributed by atoms with van der Waals surface area (Å²) in [6, 6.07) is 6.10. The summed E-state index contributed by atoms with van der Waals surface area (Å²) >= 11 is 1.40. The number of thioether (sulfide) groups is 1. The lowest BCUT2D eigenvalue weighted by atomic mass is 10.1. The lowest BCUT2D eigenvalue weighted by molar-refractivity contribution is -0.118. The zero-order chi connectivity index (χ0) is 19.7. The molecule has 0 unspecified atom stereocenters. The number of rotatable bonds is 4. The van der Waals surface area contributed by atoms with E-state index in [1.165, 1.54) is 22.3 Å². The van der Waals surface area contributed by atoms with Gasteiger partial charge in [0.2, 0.25) is 11.8 Å². The van der Waals surface area contributed by atoms with Gasteiger partial charge in [0, 0.05) is 24.8 Å². The van der Waals surface area contributed by atoms with Crippen LogP contribution in [0.25, 0.3) is 0 Å². The molecule has 1 aliphatic heterocycles. The van der Waals surface area contributed by atoms with E-state index in [2.05, 4.69) is 23.1 Å². The van der Waals surface area contributed by atoms with Crippen LogP contribution in [0.3, 0.4) is 0 Å². The van der Waals surface area contributed by atoms with E-state index in [1.54, 1.807) is 11.5 Å². The Morgan fingerprint density at radius 2 is 1.74 bits per heavy atom. The molecule has 1 aromatic carbocycles. The van der Waals surface area contributed by atoms with E-state index in [0.717, 1.165) is 11.1 Å². The normalized spacial score (nSPS) is 13.4. The van der Waals surface area contributed by atoms with E-state index in [1.807, 2.05) is 32.9 Å². The van der Waals surface area contributed by atoms with Gasteiger partial charge in [-0.25, -0.2) is 4.98 Å². The zero-order valence-electron chi connectivity index (χ0n) is 16.4. The number of imidazole rings is 1. The summed E-state index contributed by atoms with van der Waals surface area (Å²) in [7, 11) is 0. The highest BCUT2D eigenvalue weighted by Gasteiger charge is 2.32. The lowest BCUT2D eigenvalue weighted by Crippen LogP contribution is -2.29. The minimum Gasteiger partial charge on any atom is -0.274 e. The van der Waals surface area contributed by atoms with Crippen LogP contribution in [0.2, 0.25) is 0 Å². The monoisotopic (exact) mass is 384 g/mol. The van der Waals surface area contributed by atoms with Crippen LogP contribution >= 0.6 is 11.8 Å². The molecule has 0 saturated carbocycles. The molecule has 0 N–H and O–H groups in total. The van der Waals surface area contributed by atoms with Gasteiger partial charge in [-0.1, -0.05) is 32.9 Å². The van der Waals surface area contributed by atoms with Gasteiger partial charge in [-0.05, 0) is 42.8 Å². The minimum atomic E-state index is -0.144. The Morgan fingerprint density at radius 3 is 2.33 bits per heavy atom. The van der Waals surface area contributed by atoms with Gasteiger partial charge in [-0.2, -0.15) is 10.1 Å². The Bertz CT molecular complexity index is 946. The molecular weight excluding hydrogens is 360 g/mol. The van der Waals surface area contributed by atoms with Crippen LogP contribution in [0, 0.1) is 13.8 Å². The van der Waals surface area contributed by atoms with Crippen molar-refractivity contribution >= 4 is 34.4 Å². The maximum absolute atomic E-state index is 12.6. The Hall–Kier alpha value is -2.41. The number of carbonyl (C=O) groups excluding carboxylic acids is 2. The lowest BCUT2D eigenvalue weighted by Gasteiger charge is -2.23. The van der Waals surface area contributed by atoms with Gasteiger partial charge in [0.05, 0.1) is 0 Å². The van der Waals surface area contributed by atoms with Crippen molar-refractivity contribution in [2.24, 2.45) is 5.10 Å². The van der Waals surface area contributed by atoms with Crippen molar-refractivity contribution in [3.63, 3.8) is 0 Å². The number of nitrogens with zero attached hydrogens (tertiary/aromatic N) is 4. The largest absolute Gasteiger partial charge is 0.274 e. The van der Waals surface area contributed by atoms with Crippen LogP contribution in [0.5, 0.6) is 0 Å². The van der Waals surface area contributed by atoms with Crippen LogP contribution < -0.4 is 5.01 Å². The molecule has 0 aliphatic carbocycles. The zero-order valence-corrected chi connectivity index (χ0v) is 17.2. The second kappa shape index (κ2) is 7.68. The summed E-state index contributed by atoms with van der Waals surface area (Å²) in [5.41, 5.74) is 3.28. The van der Waals surface area contributed by atoms with Crippen molar-refractivity contribution in [2.45, 2.75) is 58.9 Å². The average molecular weight is 385 g/mol. The first kappa shape index (κ1) is 19.4. The maximum Gasteiger partial charge on any atom is 0.248 e. The van der Waals surface area contributed by atoms with E-state index >= 15 is 0 Å². The van der Waals surface area contributed by atoms with E-state index in [0.29, 0.717) is 41.0 Å². The predicted molar refractivity (Wildman–Crippen MR) is 109 cm³/mol. The molecule has 6 nitrogen and oxygen atoms in total. The number of amides is 1. The molecule has 0 spiro atoms. The molecule has 142 valence electrons. The molecule has 1 amide bonds. The number of hydrogen-bond donors (Lipinski definition) is 0. The van der Waals surface area contributed by atoms with Crippen LogP contribution in [-0.4, -0.2) is 26.4 Å². The van der Waals surface area contributed by atoms with Crippen molar-refractivity contribution < 1.29 is 9.59 Å². The summed E-state index contributed by atoms with van der Waals surface area (Å²) in [5.74, 6) is 0.940. The standard InChI is InChI=1S/C20H24N4O2S/c1-6-15-21-18-20(23(15)16(25)7-2)27-19(22-24(18)17(26)8-3)14-10-9-12(4)13(5)11-14/h9-11H,6-8H2,1-5H3. The molecule has 0 bridgehead atoms. The Kier molecular flexibility index (Phi) is 5.51. The second-order valence-corrected chi connectivity index (χ2v) is 7.44. The molecule has 2 heterocycles. The molecule has 1 aliphatic rings. The SMILES string of the molecule is CCC(=O)N1N=C(c2ccc(C)c(C)c2)Sc2c1nc(CC)n2C(=O)CC. The summed E-state index contributed by atoms with van der Waals surface area (Å²) in [6.07, 6.45) is 1.28. The first-order valence-corrected chi connectivity index (χ1v) is 10.0. The molecule has 0 saturated heterocycles. The highest BCUT2D eigenvalue weighted by molar-refractivity contribution is 8.14. The average Bonchev–Trinajstić information content (AvgIpc) is 3.06. The fourth-order valence-corrected chi connectivity index (χ4v) is 3.96. The topological polar surface area (TPSA) is 67.6 Å². The Labute approximate surface area is 163 Å². The maximum atomic E-state index is 12.6. The van der Waals surface area contributed by atoms with E-state index in [4.69, 9.17) is 0 Å². The van der Waals surface area contributed by atoms with Crippen molar-refractivity contribution in [2.75, 3.05) is 5.01 Å². The van der Waals surface area contributed by atoms with Crippen molar-refractivity contribution in [1.82, 2.24) is 9.55 Å². The van der Waals surface area contributed by atoms with Crippen molar-refractivity contribution in [3.8, 4) is 0 Å². The summed E-state index contributed by atoms with van der Waals surface area (Å²) in [5, 5.41) is 7.31. The second-order valence-electron chi connectivity index (χ2n) is 6.46. The molecule has 0 atom stereocenters. The van der Waals surface area contributed by atoms with Crippen LogP contribution in [0.1, 0.15) is 60.9 Å². The molecular formula is C20H24N4O2S. The predicted octanol–water partition coefficient (Wildman–Crippen LogP) is 4.32. The number of aryl methyl sites for hydroxylation is 3. The smallest absolute Gasteiger partial charge is 0.248 e. The van der Waals surface area contributed by atoms with Gasteiger partial charge in [-0.3, -0.25) is 14.2 Å². The van der Waals surface area contributed by atoms with E-state index in [9.17, 15) is 9.59 Å². The molecule has 0 fully saturated rings. The highest BCUT2D eigenvalue weighted by Crippen LogP contribution is 2.39.